The van der Waals surface area contributed by atoms with E-state index in [0.29, 0.717) is 21.9 Å². The van der Waals surface area contributed by atoms with Gasteiger partial charge < -0.3 is 4.42 Å². The van der Waals surface area contributed by atoms with Crippen molar-refractivity contribution in [2.75, 3.05) is 0 Å². The van der Waals surface area contributed by atoms with Crippen molar-refractivity contribution in [1.29, 1.82) is 0 Å². The van der Waals surface area contributed by atoms with E-state index in [2.05, 4.69) is 30.3 Å². The lowest BCUT2D eigenvalue weighted by molar-refractivity contribution is 0.673. The van der Waals surface area contributed by atoms with Crippen molar-refractivity contribution in [3.63, 3.8) is 0 Å². The Bertz CT molecular complexity index is 3390. The summed E-state index contributed by atoms with van der Waals surface area (Å²) in [6.07, 6.45) is 0. The van der Waals surface area contributed by atoms with Gasteiger partial charge in [-0.2, -0.15) is 0 Å². The summed E-state index contributed by atoms with van der Waals surface area (Å²) in [5.74, 6) is 0. The first kappa shape index (κ1) is 17.5. The SMILES string of the molecule is [2H]c1c([2H])c([2H])c(-c2c([2H])c([2H])c(-c3c4ccccc4c(-c4ccc5c(c4)oc4c6ccccc6ccc54)c4ccccc34)c3c([2H])c([2H])c([2H])c([2H])c23)c([2H])c1[2H]. The highest BCUT2D eigenvalue weighted by Crippen LogP contribution is 2.47. The first-order valence-corrected chi connectivity index (χ1v) is 15.3. The Morgan fingerprint density at radius 3 is 1.68 bits per heavy atom. The van der Waals surface area contributed by atoms with Gasteiger partial charge in [0.15, 0.2) is 0 Å². The summed E-state index contributed by atoms with van der Waals surface area (Å²) in [5.41, 5.74) is 3.04. The van der Waals surface area contributed by atoms with Gasteiger partial charge in [0.1, 0.15) is 11.2 Å². The molecule has 10 aromatic rings. The lowest BCUT2D eigenvalue weighted by Crippen LogP contribution is -1.92. The van der Waals surface area contributed by atoms with Gasteiger partial charge in [-0.15, -0.1) is 0 Å². The molecule has 0 atom stereocenters. The van der Waals surface area contributed by atoms with E-state index in [0.717, 1.165) is 49.0 Å². The van der Waals surface area contributed by atoms with Crippen LogP contribution in [-0.2, 0) is 0 Å². The molecular weight excluding hydrogens is 569 g/mol. The molecule has 0 fully saturated rings. The summed E-state index contributed by atoms with van der Waals surface area (Å²) in [5, 5.41) is 6.64. The van der Waals surface area contributed by atoms with Gasteiger partial charge in [0.25, 0.3) is 0 Å². The molecule has 10 rings (SSSR count). The molecule has 0 saturated heterocycles. The van der Waals surface area contributed by atoms with Gasteiger partial charge in [-0.3, -0.25) is 0 Å². The zero-order valence-electron chi connectivity index (χ0n) is 35.7. The predicted molar refractivity (Wildman–Crippen MR) is 200 cm³/mol. The van der Waals surface area contributed by atoms with Crippen LogP contribution in [0.5, 0.6) is 0 Å². The molecule has 0 amide bonds. The van der Waals surface area contributed by atoms with Crippen molar-refractivity contribution in [3.8, 4) is 33.4 Å². The topological polar surface area (TPSA) is 13.1 Å². The molecule has 0 spiro atoms. The van der Waals surface area contributed by atoms with Crippen LogP contribution in [0.1, 0.15) is 15.1 Å². The Labute approximate surface area is 287 Å². The van der Waals surface area contributed by atoms with Gasteiger partial charge in [0.2, 0.25) is 0 Å². The highest BCUT2D eigenvalue weighted by molar-refractivity contribution is 6.25. The second kappa shape index (κ2) is 10.2. The maximum absolute atomic E-state index is 9.65. The van der Waals surface area contributed by atoms with Crippen LogP contribution in [-0.4, -0.2) is 0 Å². The van der Waals surface area contributed by atoms with E-state index < -0.39 is 72.0 Å². The molecule has 0 aliphatic heterocycles. The van der Waals surface area contributed by atoms with Gasteiger partial charge in [-0.05, 0) is 89.3 Å². The number of rotatable bonds is 3. The van der Waals surface area contributed by atoms with Crippen LogP contribution in [0.2, 0.25) is 0 Å². The molecule has 0 unspecified atom stereocenters. The third-order valence-electron chi connectivity index (χ3n) is 9.08. The lowest BCUT2D eigenvalue weighted by Gasteiger charge is -2.19. The van der Waals surface area contributed by atoms with E-state index in [-0.39, 0.29) is 21.9 Å². The molecule has 0 bridgehead atoms. The van der Waals surface area contributed by atoms with Crippen molar-refractivity contribution in [3.05, 3.63) is 170 Å². The predicted octanol–water partition coefficient (Wildman–Crippen LogP) is 13.2. The smallest absolute Gasteiger partial charge is 0.143 e. The molecule has 1 heteroatoms. The van der Waals surface area contributed by atoms with E-state index in [9.17, 15) is 4.11 Å². The molecule has 47 heavy (non-hydrogen) atoms. The fourth-order valence-corrected chi connectivity index (χ4v) is 7.06. The Kier molecular flexibility index (Phi) is 3.79. The number of hydrogen-bond donors (Lipinski definition) is 0. The first-order chi connectivity index (χ1) is 27.9. The summed E-state index contributed by atoms with van der Waals surface area (Å²) < 4.78 is 104. The number of furan rings is 1. The molecule has 9 aromatic carbocycles. The Balaban J connectivity index is 1.34. The Hall–Kier alpha value is -6.18. The quantitative estimate of drug-likeness (QED) is 0.182. The fourth-order valence-electron chi connectivity index (χ4n) is 7.06. The van der Waals surface area contributed by atoms with Crippen molar-refractivity contribution in [1.82, 2.24) is 0 Å². The standard InChI is InChI=1S/C46H28O/c1-2-12-29(13-3-1)32-26-27-41(35-17-7-6-16-34(32)35)45-39-20-10-8-18-37(39)44(38-19-9-11-21-40(38)45)31-23-24-36-42-25-22-30-14-4-5-15-33(30)46(42)47-43(36)28-31/h1-28H/i1D,2D,3D,6D,7D,12D,13D,16D,17D,26D,27D. The second-order valence-corrected chi connectivity index (χ2v) is 11.6. The van der Waals surface area contributed by atoms with Crippen LogP contribution >= 0.6 is 0 Å². The largest absolute Gasteiger partial charge is 0.455 e. The van der Waals surface area contributed by atoms with E-state index in [1.165, 1.54) is 0 Å². The number of hydrogen-bond acceptors (Lipinski definition) is 1. The zero-order chi connectivity index (χ0) is 40.5. The molecule has 1 heterocycles. The summed E-state index contributed by atoms with van der Waals surface area (Å²) in [4.78, 5) is 0. The van der Waals surface area contributed by atoms with Gasteiger partial charge in [0, 0.05) is 16.2 Å². The highest BCUT2D eigenvalue weighted by atomic mass is 16.3. The normalized spacial score (nSPS) is 15.1. The molecule has 218 valence electrons. The fraction of sp³-hybridized carbons (Fsp3) is 0. The molecule has 0 saturated carbocycles. The van der Waals surface area contributed by atoms with Crippen LogP contribution in [0.25, 0.3) is 98.4 Å². The molecule has 0 N–H and O–H groups in total. The van der Waals surface area contributed by atoms with Crippen molar-refractivity contribution in [2.45, 2.75) is 0 Å². The number of fused-ring (bicyclic) bond motifs is 8. The minimum Gasteiger partial charge on any atom is -0.455 e. The first-order valence-electron chi connectivity index (χ1n) is 20.8. The highest BCUT2D eigenvalue weighted by Gasteiger charge is 2.20. The molecule has 0 radical (unpaired) electrons. The van der Waals surface area contributed by atoms with Crippen molar-refractivity contribution in [2.24, 2.45) is 0 Å². The lowest BCUT2D eigenvalue weighted by atomic mass is 9.83. The number of benzene rings is 9. The summed E-state index contributed by atoms with van der Waals surface area (Å²) in [6, 6.07) is 27.1. The van der Waals surface area contributed by atoms with E-state index >= 15 is 0 Å². The third-order valence-corrected chi connectivity index (χ3v) is 9.08. The molecule has 0 aliphatic carbocycles. The van der Waals surface area contributed by atoms with E-state index in [4.69, 9.17) is 15.4 Å². The van der Waals surface area contributed by atoms with Crippen LogP contribution < -0.4 is 0 Å². The monoisotopic (exact) mass is 607 g/mol. The average Bonchev–Trinajstić information content (AvgIpc) is 3.62. The summed E-state index contributed by atoms with van der Waals surface area (Å²) in [6.45, 7) is 0. The van der Waals surface area contributed by atoms with Gasteiger partial charge in [-0.25, -0.2) is 0 Å². The van der Waals surface area contributed by atoms with Gasteiger partial charge in [0.05, 0.1) is 15.1 Å². The van der Waals surface area contributed by atoms with Crippen LogP contribution in [0.4, 0.5) is 0 Å². The Morgan fingerprint density at radius 2 is 0.957 bits per heavy atom. The van der Waals surface area contributed by atoms with Gasteiger partial charge in [-0.1, -0.05) is 151 Å². The molecule has 1 nitrogen and oxygen atoms in total. The van der Waals surface area contributed by atoms with E-state index in [1.807, 2.05) is 72.8 Å². The minimum atomic E-state index is -0.665. The molecule has 1 aromatic heterocycles. The van der Waals surface area contributed by atoms with Crippen LogP contribution in [0, 0.1) is 0 Å². The maximum Gasteiger partial charge on any atom is 0.143 e. The van der Waals surface area contributed by atoms with Crippen molar-refractivity contribution >= 4 is 65.0 Å². The maximum atomic E-state index is 9.65. The second-order valence-electron chi connectivity index (χ2n) is 11.6. The van der Waals surface area contributed by atoms with Crippen LogP contribution in [0.3, 0.4) is 0 Å². The summed E-state index contributed by atoms with van der Waals surface area (Å²) >= 11 is 0. The minimum absolute atomic E-state index is 0.0710. The molecule has 0 aliphatic rings. The van der Waals surface area contributed by atoms with Crippen LogP contribution in [0.15, 0.2) is 174 Å². The average molecular weight is 608 g/mol. The summed E-state index contributed by atoms with van der Waals surface area (Å²) in [7, 11) is 0. The van der Waals surface area contributed by atoms with Gasteiger partial charge >= 0.3 is 0 Å². The Morgan fingerprint density at radius 1 is 0.383 bits per heavy atom. The van der Waals surface area contributed by atoms with E-state index in [1.54, 1.807) is 0 Å². The molecular formula is C46H28O. The third kappa shape index (κ3) is 3.90. The van der Waals surface area contributed by atoms with Crippen molar-refractivity contribution < 1.29 is 19.5 Å². The zero-order valence-corrected chi connectivity index (χ0v) is 24.7.